The van der Waals surface area contributed by atoms with Crippen LogP contribution in [0.4, 0.5) is 0 Å². The molecule has 0 aromatic heterocycles. The minimum atomic E-state index is -0.899. The van der Waals surface area contributed by atoms with E-state index in [0.29, 0.717) is 19.4 Å². The van der Waals surface area contributed by atoms with Gasteiger partial charge in [0.05, 0.1) is 5.60 Å². The van der Waals surface area contributed by atoms with E-state index in [4.69, 9.17) is 4.74 Å². The van der Waals surface area contributed by atoms with Crippen LogP contribution in [0.25, 0.3) is 0 Å². The molecule has 0 saturated carbocycles. The topological polar surface area (TPSA) is 58.6 Å². The van der Waals surface area contributed by atoms with Crippen molar-refractivity contribution < 1.29 is 14.6 Å². The number of hydrogen-bond donors (Lipinski definition) is 2. The Kier molecular flexibility index (Phi) is 5.97. The van der Waals surface area contributed by atoms with E-state index in [1.54, 1.807) is 14.0 Å². The Bertz CT molecular complexity index is 219. The third-order valence-electron chi connectivity index (χ3n) is 2.20. The highest BCUT2D eigenvalue weighted by Crippen LogP contribution is 2.18. The zero-order chi connectivity index (χ0) is 12.8. The molecule has 0 aliphatic rings. The van der Waals surface area contributed by atoms with Crippen molar-refractivity contribution in [1.29, 1.82) is 0 Å². The molecule has 16 heavy (non-hydrogen) atoms. The summed E-state index contributed by atoms with van der Waals surface area (Å²) in [5, 5.41) is 12.6. The van der Waals surface area contributed by atoms with E-state index in [-0.39, 0.29) is 17.9 Å². The Morgan fingerprint density at radius 3 is 2.31 bits per heavy atom. The zero-order valence-electron chi connectivity index (χ0n) is 11.1. The van der Waals surface area contributed by atoms with Crippen LogP contribution in [-0.2, 0) is 9.53 Å². The van der Waals surface area contributed by atoms with E-state index < -0.39 is 5.60 Å². The zero-order valence-corrected chi connectivity index (χ0v) is 11.1. The summed E-state index contributed by atoms with van der Waals surface area (Å²) in [4.78, 5) is 11.5. The fraction of sp³-hybridized carbons (Fsp3) is 0.917. The molecule has 0 aliphatic carbocycles. The van der Waals surface area contributed by atoms with Gasteiger partial charge in [-0.1, -0.05) is 20.8 Å². The normalized spacial score (nSPS) is 15.6. The van der Waals surface area contributed by atoms with Crippen molar-refractivity contribution >= 4 is 5.91 Å². The summed E-state index contributed by atoms with van der Waals surface area (Å²) in [5.74, 6) is -0.0230. The van der Waals surface area contributed by atoms with Crippen molar-refractivity contribution in [3.8, 4) is 0 Å². The largest absolute Gasteiger partial charge is 0.388 e. The predicted molar refractivity (Wildman–Crippen MR) is 64.2 cm³/mol. The van der Waals surface area contributed by atoms with Gasteiger partial charge in [-0.2, -0.15) is 0 Å². The van der Waals surface area contributed by atoms with Gasteiger partial charge >= 0.3 is 0 Å². The van der Waals surface area contributed by atoms with E-state index >= 15 is 0 Å². The molecule has 0 aromatic rings. The summed E-state index contributed by atoms with van der Waals surface area (Å²) in [5.41, 5.74) is -0.925. The van der Waals surface area contributed by atoms with E-state index in [2.05, 4.69) is 5.32 Å². The maximum absolute atomic E-state index is 11.5. The first kappa shape index (κ1) is 15.4. The molecular formula is C12H25NO3. The summed E-state index contributed by atoms with van der Waals surface area (Å²) in [7, 11) is 1.59. The molecule has 0 radical (unpaired) electrons. The fourth-order valence-corrected chi connectivity index (χ4v) is 1.24. The standard InChI is InChI=1S/C12H25NO3/c1-11(2,3)8-10(14)13-9-12(4,15)6-7-16-5/h15H,6-9H2,1-5H3,(H,13,14). The Hall–Kier alpha value is -0.610. The van der Waals surface area contributed by atoms with Crippen LogP contribution >= 0.6 is 0 Å². The second kappa shape index (κ2) is 6.21. The van der Waals surface area contributed by atoms with E-state index in [1.807, 2.05) is 20.8 Å². The molecule has 0 aliphatic heterocycles. The third kappa shape index (κ3) is 8.68. The van der Waals surface area contributed by atoms with Crippen LogP contribution < -0.4 is 5.32 Å². The summed E-state index contributed by atoms with van der Waals surface area (Å²) < 4.78 is 4.89. The van der Waals surface area contributed by atoms with Crippen molar-refractivity contribution in [1.82, 2.24) is 5.32 Å². The molecule has 0 bridgehead atoms. The molecule has 1 unspecified atom stereocenters. The number of hydrogen-bond acceptors (Lipinski definition) is 3. The van der Waals surface area contributed by atoms with Gasteiger partial charge in [0.1, 0.15) is 0 Å². The minimum Gasteiger partial charge on any atom is -0.388 e. The summed E-state index contributed by atoms with van der Waals surface area (Å²) in [6.45, 7) is 8.48. The van der Waals surface area contributed by atoms with Crippen LogP contribution in [0.3, 0.4) is 0 Å². The summed E-state index contributed by atoms with van der Waals surface area (Å²) >= 11 is 0. The molecule has 2 N–H and O–H groups in total. The van der Waals surface area contributed by atoms with Gasteiger partial charge in [-0.15, -0.1) is 0 Å². The first-order valence-electron chi connectivity index (χ1n) is 5.64. The van der Waals surface area contributed by atoms with Gasteiger partial charge in [0, 0.05) is 33.1 Å². The van der Waals surface area contributed by atoms with Crippen LogP contribution in [0.15, 0.2) is 0 Å². The Morgan fingerprint density at radius 1 is 1.31 bits per heavy atom. The lowest BCUT2D eigenvalue weighted by molar-refractivity contribution is -0.124. The number of methoxy groups -OCH3 is 1. The molecule has 0 spiro atoms. The van der Waals surface area contributed by atoms with Gasteiger partial charge in [0.15, 0.2) is 0 Å². The van der Waals surface area contributed by atoms with Crippen molar-refractivity contribution in [3.05, 3.63) is 0 Å². The number of carbonyl (C=O) groups excluding carboxylic acids is 1. The Labute approximate surface area is 98.4 Å². The van der Waals surface area contributed by atoms with Gasteiger partial charge in [0.25, 0.3) is 0 Å². The Balaban J connectivity index is 3.90. The molecular weight excluding hydrogens is 206 g/mol. The van der Waals surface area contributed by atoms with Gasteiger partial charge in [0.2, 0.25) is 5.91 Å². The molecule has 96 valence electrons. The predicted octanol–water partition coefficient (Wildman–Crippen LogP) is 1.33. The second-order valence-corrected chi connectivity index (χ2v) is 5.75. The highest BCUT2D eigenvalue weighted by atomic mass is 16.5. The van der Waals surface area contributed by atoms with Crippen LogP contribution in [0.5, 0.6) is 0 Å². The van der Waals surface area contributed by atoms with Gasteiger partial charge in [-0.25, -0.2) is 0 Å². The van der Waals surface area contributed by atoms with Crippen LogP contribution in [0, 0.1) is 5.41 Å². The molecule has 4 nitrogen and oxygen atoms in total. The quantitative estimate of drug-likeness (QED) is 0.725. The van der Waals surface area contributed by atoms with E-state index in [1.165, 1.54) is 0 Å². The smallest absolute Gasteiger partial charge is 0.220 e. The summed E-state index contributed by atoms with van der Waals surface area (Å²) in [6, 6.07) is 0. The van der Waals surface area contributed by atoms with Crippen LogP contribution in [0.1, 0.15) is 40.5 Å². The number of ether oxygens (including phenoxy) is 1. The maximum Gasteiger partial charge on any atom is 0.220 e. The average molecular weight is 231 g/mol. The lowest BCUT2D eigenvalue weighted by Gasteiger charge is -2.24. The lowest BCUT2D eigenvalue weighted by atomic mass is 9.92. The van der Waals surface area contributed by atoms with Gasteiger partial charge in [-0.05, 0) is 12.3 Å². The van der Waals surface area contributed by atoms with Crippen molar-refractivity contribution in [2.45, 2.75) is 46.1 Å². The molecule has 1 atom stereocenters. The summed E-state index contributed by atoms with van der Waals surface area (Å²) in [6.07, 6.45) is 0.979. The SMILES string of the molecule is COCCC(C)(O)CNC(=O)CC(C)(C)C. The number of nitrogens with one attached hydrogen (secondary N) is 1. The van der Waals surface area contributed by atoms with E-state index in [0.717, 1.165) is 0 Å². The van der Waals surface area contributed by atoms with Gasteiger partial charge < -0.3 is 15.2 Å². The molecule has 1 amide bonds. The molecule has 0 heterocycles. The highest BCUT2D eigenvalue weighted by Gasteiger charge is 2.22. The average Bonchev–Trinajstić information content (AvgIpc) is 2.09. The first-order chi connectivity index (χ1) is 7.16. The number of rotatable bonds is 6. The molecule has 0 fully saturated rings. The minimum absolute atomic E-state index is 0.0230. The third-order valence-corrected chi connectivity index (χ3v) is 2.20. The van der Waals surface area contributed by atoms with Gasteiger partial charge in [-0.3, -0.25) is 4.79 Å². The first-order valence-corrected chi connectivity index (χ1v) is 5.64. The molecule has 0 aromatic carbocycles. The number of carbonyl (C=O) groups is 1. The van der Waals surface area contributed by atoms with Crippen molar-refractivity contribution in [2.24, 2.45) is 5.41 Å². The number of amides is 1. The van der Waals surface area contributed by atoms with Crippen LogP contribution in [-0.4, -0.2) is 36.9 Å². The monoisotopic (exact) mass is 231 g/mol. The fourth-order valence-electron chi connectivity index (χ4n) is 1.24. The van der Waals surface area contributed by atoms with Crippen LogP contribution in [0.2, 0.25) is 0 Å². The number of aliphatic hydroxyl groups is 1. The highest BCUT2D eigenvalue weighted by molar-refractivity contribution is 5.76. The second-order valence-electron chi connectivity index (χ2n) is 5.75. The lowest BCUT2D eigenvalue weighted by Crippen LogP contribution is -2.42. The molecule has 4 heteroatoms. The van der Waals surface area contributed by atoms with Crippen molar-refractivity contribution in [2.75, 3.05) is 20.3 Å². The maximum atomic E-state index is 11.5. The van der Waals surface area contributed by atoms with Crippen molar-refractivity contribution in [3.63, 3.8) is 0 Å². The Morgan fingerprint density at radius 2 is 1.88 bits per heavy atom. The molecule has 0 saturated heterocycles. The molecule has 0 rings (SSSR count). The van der Waals surface area contributed by atoms with E-state index in [9.17, 15) is 9.90 Å².